The predicted molar refractivity (Wildman–Crippen MR) is 103 cm³/mol. The van der Waals surface area contributed by atoms with Gasteiger partial charge in [-0.2, -0.15) is 5.10 Å². The molecule has 9 heteroatoms. The standard InChI is InChI=1S/C19H27FN6O2/c1-3-21-19(22-10-16(27)13-4-6-14(20)7-5-13)23-15-8-9-18-24-17(12-28-2)25-26(18)11-15/h4-7,15-16,27H,3,8-12H2,1-2H3,(H2,21,22,23). The highest BCUT2D eigenvalue weighted by Gasteiger charge is 2.22. The summed E-state index contributed by atoms with van der Waals surface area (Å²) in [5.74, 6) is 1.97. The zero-order chi connectivity index (χ0) is 19.9. The van der Waals surface area contributed by atoms with E-state index in [-0.39, 0.29) is 18.4 Å². The number of guanidine groups is 1. The molecule has 0 bridgehead atoms. The number of benzene rings is 1. The summed E-state index contributed by atoms with van der Waals surface area (Å²) in [5, 5.41) is 21.4. The van der Waals surface area contributed by atoms with Crippen molar-refractivity contribution in [2.45, 2.75) is 45.1 Å². The largest absolute Gasteiger partial charge is 0.386 e. The van der Waals surface area contributed by atoms with Gasteiger partial charge in [-0.05, 0) is 31.0 Å². The van der Waals surface area contributed by atoms with Crippen molar-refractivity contribution in [3.63, 3.8) is 0 Å². The summed E-state index contributed by atoms with van der Waals surface area (Å²) in [7, 11) is 1.63. The summed E-state index contributed by atoms with van der Waals surface area (Å²) in [5.41, 5.74) is 0.636. The Balaban J connectivity index is 1.60. The molecule has 0 aliphatic carbocycles. The third-order valence-electron chi connectivity index (χ3n) is 4.54. The van der Waals surface area contributed by atoms with Crippen LogP contribution in [0.3, 0.4) is 0 Å². The van der Waals surface area contributed by atoms with Crippen LogP contribution in [0.25, 0.3) is 0 Å². The van der Waals surface area contributed by atoms with Gasteiger partial charge in [-0.25, -0.2) is 14.1 Å². The lowest BCUT2D eigenvalue weighted by Crippen LogP contribution is -2.47. The van der Waals surface area contributed by atoms with Gasteiger partial charge in [0.15, 0.2) is 11.8 Å². The summed E-state index contributed by atoms with van der Waals surface area (Å²) < 4.78 is 20.0. The van der Waals surface area contributed by atoms with Crippen molar-refractivity contribution >= 4 is 5.96 Å². The number of aliphatic hydroxyl groups excluding tert-OH is 1. The monoisotopic (exact) mass is 390 g/mol. The number of aliphatic hydroxyl groups is 1. The molecular weight excluding hydrogens is 363 g/mol. The van der Waals surface area contributed by atoms with E-state index in [2.05, 4.69) is 25.7 Å². The van der Waals surface area contributed by atoms with Gasteiger partial charge in [-0.1, -0.05) is 12.1 Å². The maximum atomic E-state index is 13.0. The molecule has 0 radical (unpaired) electrons. The number of hydrogen-bond donors (Lipinski definition) is 3. The summed E-state index contributed by atoms with van der Waals surface area (Å²) in [6.45, 7) is 3.97. The fourth-order valence-corrected chi connectivity index (χ4v) is 3.15. The summed E-state index contributed by atoms with van der Waals surface area (Å²) >= 11 is 0. The van der Waals surface area contributed by atoms with Crippen molar-refractivity contribution in [3.05, 3.63) is 47.3 Å². The number of fused-ring (bicyclic) bond motifs is 1. The Kier molecular flexibility index (Phi) is 6.94. The number of nitrogens with one attached hydrogen (secondary N) is 2. The number of hydrogen-bond acceptors (Lipinski definition) is 5. The van der Waals surface area contributed by atoms with Crippen LogP contribution in [0.4, 0.5) is 4.39 Å². The molecular formula is C19H27FN6O2. The average Bonchev–Trinajstić information content (AvgIpc) is 3.08. The van der Waals surface area contributed by atoms with Gasteiger partial charge in [0.25, 0.3) is 0 Å². The van der Waals surface area contributed by atoms with E-state index >= 15 is 0 Å². The number of halogens is 1. The van der Waals surface area contributed by atoms with Gasteiger partial charge < -0.3 is 20.5 Å². The lowest BCUT2D eigenvalue weighted by atomic mass is 10.1. The van der Waals surface area contributed by atoms with Gasteiger partial charge in [0.05, 0.1) is 19.2 Å². The summed E-state index contributed by atoms with van der Waals surface area (Å²) in [4.78, 5) is 8.97. The third-order valence-corrected chi connectivity index (χ3v) is 4.54. The number of rotatable bonds is 7. The van der Waals surface area contributed by atoms with Crippen LogP contribution in [0, 0.1) is 5.82 Å². The molecule has 2 atom stereocenters. The second kappa shape index (κ2) is 9.61. The number of aryl methyl sites for hydroxylation is 1. The van der Waals surface area contributed by atoms with E-state index in [1.54, 1.807) is 19.2 Å². The highest BCUT2D eigenvalue weighted by Crippen LogP contribution is 2.15. The maximum Gasteiger partial charge on any atom is 0.191 e. The number of aliphatic imine (C=N–C) groups is 1. The van der Waals surface area contributed by atoms with Crippen molar-refractivity contribution in [1.82, 2.24) is 25.4 Å². The Morgan fingerprint density at radius 2 is 2.21 bits per heavy atom. The van der Waals surface area contributed by atoms with Crippen molar-refractivity contribution in [2.75, 3.05) is 20.2 Å². The summed E-state index contributed by atoms with van der Waals surface area (Å²) in [6, 6.07) is 5.97. The first-order chi connectivity index (χ1) is 13.6. The van der Waals surface area contributed by atoms with Gasteiger partial charge in [0.2, 0.25) is 0 Å². The van der Waals surface area contributed by atoms with Crippen LogP contribution in [0.15, 0.2) is 29.3 Å². The van der Waals surface area contributed by atoms with Crippen LogP contribution in [0.5, 0.6) is 0 Å². The van der Waals surface area contributed by atoms with Gasteiger partial charge >= 0.3 is 0 Å². The Morgan fingerprint density at radius 3 is 2.93 bits per heavy atom. The summed E-state index contributed by atoms with van der Waals surface area (Å²) in [6.07, 6.45) is 0.947. The molecule has 1 aromatic heterocycles. The lowest BCUT2D eigenvalue weighted by Gasteiger charge is -2.25. The van der Waals surface area contributed by atoms with Crippen LogP contribution < -0.4 is 10.6 Å². The first-order valence-corrected chi connectivity index (χ1v) is 9.49. The van der Waals surface area contributed by atoms with E-state index in [4.69, 9.17) is 4.74 Å². The minimum atomic E-state index is -0.791. The minimum absolute atomic E-state index is 0.158. The van der Waals surface area contributed by atoms with Crippen molar-refractivity contribution in [2.24, 2.45) is 4.99 Å². The van der Waals surface area contributed by atoms with Crippen LogP contribution in [-0.2, 0) is 24.3 Å². The fraction of sp³-hybridized carbons (Fsp3) is 0.526. The number of nitrogens with zero attached hydrogens (tertiary/aromatic N) is 4. The third kappa shape index (κ3) is 5.26. The van der Waals surface area contributed by atoms with E-state index in [0.29, 0.717) is 37.0 Å². The molecule has 3 N–H and O–H groups in total. The molecule has 1 aromatic carbocycles. The van der Waals surface area contributed by atoms with E-state index in [1.807, 2.05) is 11.6 Å². The second-order valence-corrected chi connectivity index (χ2v) is 6.73. The molecule has 2 aromatic rings. The molecule has 0 spiro atoms. The van der Waals surface area contributed by atoms with Gasteiger partial charge in [-0.3, -0.25) is 4.99 Å². The van der Waals surface area contributed by atoms with E-state index < -0.39 is 6.10 Å². The first kappa shape index (κ1) is 20.2. The molecule has 2 heterocycles. The average molecular weight is 390 g/mol. The Morgan fingerprint density at radius 1 is 1.43 bits per heavy atom. The molecule has 28 heavy (non-hydrogen) atoms. The highest BCUT2D eigenvalue weighted by atomic mass is 19.1. The molecule has 0 saturated carbocycles. The molecule has 0 saturated heterocycles. The molecule has 2 unspecified atom stereocenters. The smallest absolute Gasteiger partial charge is 0.191 e. The molecule has 1 aliphatic rings. The molecule has 152 valence electrons. The van der Waals surface area contributed by atoms with Crippen LogP contribution in [-0.4, -0.2) is 52.1 Å². The molecule has 0 amide bonds. The van der Waals surface area contributed by atoms with Crippen molar-refractivity contribution in [1.29, 1.82) is 0 Å². The Bertz CT molecular complexity index is 792. The fourth-order valence-electron chi connectivity index (χ4n) is 3.15. The maximum absolute atomic E-state index is 13.0. The lowest BCUT2D eigenvalue weighted by molar-refractivity contribution is 0.177. The first-order valence-electron chi connectivity index (χ1n) is 9.49. The highest BCUT2D eigenvalue weighted by molar-refractivity contribution is 5.80. The number of ether oxygens (including phenoxy) is 1. The van der Waals surface area contributed by atoms with Crippen molar-refractivity contribution < 1.29 is 14.2 Å². The Labute approximate surface area is 163 Å². The topological polar surface area (TPSA) is 96.6 Å². The second-order valence-electron chi connectivity index (χ2n) is 6.73. The molecule has 0 fully saturated rings. The predicted octanol–water partition coefficient (Wildman–Crippen LogP) is 1.17. The normalized spacial score (nSPS) is 17.9. The van der Waals surface area contributed by atoms with Crippen molar-refractivity contribution in [3.8, 4) is 0 Å². The van der Waals surface area contributed by atoms with E-state index in [9.17, 15) is 9.50 Å². The van der Waals surface area contributed by atoms with E-state index in [1.165, 1.54) is 12.1 Å². The molecule has 8 nitrogen and oxygen atoms in total. The van der Waals surface area contributed by atoms with E-state index in [0.717, 1.165) is 18.7 Å². The number of methoxy groups -OCH3 is 1. The molecule has 3 rings (SSSR count). The van der Waals surface area contributed by atoms with Gasteiger partial charge in [0, 0.05) is 26.1 Å². The molecule has 1 aliphatic heterocycles. The SMILES string of the molecule is CCNC(=NCC(O)c1ccc(F)cc1)NC1CCc2nc(COC)nn2C1. The van der Waals surface area contributed by atoms with Gasteiger partial charge in [-0.15, -0.1) is 0 Å². The zero-order valence-corrected chi connectivity index (χ0v) is 16.2. The zero-order valence-electron chi connectivity index (χ0n) is 16.2. The quantitative estimate of drug-likeness (QED) is 0.485. The number of aromatic nitrogens is 3. The van der Waals surface area contributed by atoms with Crippen LogP contribution in [0.1, 0.15) is 36.7 Å². The van der Waals surface area contributed by atoms with Crippen LogP contribution >= 0.6 is 0 Å². The van der Waals surface area contributed by atoms with Gasteiger partial charge in [0.1, 0.15) is 18.2 Å². The minimum Gasteiger partial charge on any atom is -0.386 e. The Hall–Kier alpha value is -2.52. The van der Waals surface area contributed by atoms with Crippen LogP contribution in [0.2, 0.25) is 0 Å².